The Morgan fingerprint density at radius 2 is 2.00 bits per heavy atom. The van der Waals surface area contributed by atoms with E-state index in [1.165, 1.54) is 6.07 Å². The molecule has 2 aliphatic heterocycles. The van der Waals surface area contributed by atoms with E-state index in [0.717, 1.165) is 22.2 Å². The summed E-state index contributed by atoms with van der Waals surface area (Å²) in [4.78, 5) is 25.2. The van der Waals surface area contributed by atoms with Gasteiger partial charge in [0.25, 0.3) is 5.91 Å². The lowest BCUT2D eigenvalue weighted by Crippen LogP contribution is -2.41. The van der Waals surface area contributed by atoms with Crippen molar-refractivity contribution in [2.45, 2.75) is 23.5 Å². The van der Waals surface area contributed by atoms with Crippen molar-refractivity contribution in [1.29, 1.82) is 0 Å². The van der Waals surface area contributed by atoms with Crippen LogP contribution in [-0.2, 0) is 4.74 Å². The quantitative estimate of drug-likeness (QED) is 0.418. The summed E-state index contributed by atoms with van der Waals surface area (Å²) in [7, 11) is 0. The van der Waals surface area contributed by atoms with Crippen LogP contribution in [0.4, 0.5) is 4.39 Å². The Hall–Kier alpha value is -3.23. The van der Waals surface area contributed by atoms with E-state index < -0.39 is 0 Å². The van der Waals surface area contributed by atoms with Crippen molar-refractivity contribution in [2.24, 2.45) is 0 Å². The molecule has 4 aromatic rings. The average molecular weight is 461 g/mol. The summed E-state index contributed by atoms with van der Waals surface area (Å²) >= 11 is 1.63. The fourth-order valence-corrected chi connectivity index (χ4v) is 5.35. The Bertz CT molecular complexity index is 1370. The number of ether oxygens (including phenoxy) is 1. The number of aromatic nitrogens is 3. The number of benzene rings is 2. The van der Waals surface area contributed by atoms with Crippen LogP contribution in [0.5, 0.6) is 0 Å². The summed E-state index contributed by atoms with van der Waals surface area (Å²) in [5, 5.41) is 1.03. The summed E-state index contributed by atoms with van der Waals surface area (Å²) in [5.74, 6) is 0.190. The van der Waals surface area contributed by atoms with Gasteiger partial charge in [0.2, 0.25) is 5.95 Å². The molecule has 2 atom stereocenters. The van der Waals surface area contributed by atoms with E-state index in [9.17, 15) is 9.18 Å². The molecule has 2 fully saturated rings. The number of morpholine rings is 1. The summed E-state index contributed by atoms with van der Waals surface area (Å²) in [6, 6.07) is 12.5. The van der Waals surface area contributed by atoms with Crippen LogP contribution in [0.25, 0.3) is 28.0 Å². The van der Waals surface area contributed by atoms with E-state index in [-0.39, 0.29) is 23.9 Å². The van der Waals surface area contributed by atoms with Gasteiger partial charge in [-0.3, -0.25) is 9.36 Å². The third kappa shape index (κ3) is 3.41. The molecule has 0 spiro atoms. The van der Waals surface area contributed by atoms with E-state index in [0.29, 0.717) is 35.8 Å². The molecular formula is C25H21FN4O2S. The minimum atomic E-state index is -0.311. The van der Waals surface area contributed by atoms with Crippen LogP contribution in [0.2, 0.25) is 0 Å². The van der Waals surface area contributed by atoms with Gasteiger partial charge in [0.05, 0.1) is 24.3 Å². The van der Waals surface area contributed by atoms with Gasteiger partial charge in [-0.05, 0) is 30.9 Å². The van der Waals surface area contributed by atoms with Crippen molar-refractivity contribution in [1.82, 2.24) is 19.4 Å². The molecule has 8 heteroatoms. The Kier molecular flexibility index (Phi) is 4.92. The number of halogens is 1. The Morgan fingerprint density at radius 1 is 1.18 bits per heavy atom. The first-order valence-corrected chi connectivity index (χ1v) is 12.0. The number of likely N-dealkylation sites (tertiary alicyclic amines) is 1. The maximum Gasteiger partial charge on any atom is 0.254 e. The van der Waals surface area contributed by atoms with E-state index in [4.69, 9.17) is 4.74 Å². The summed E-state index contributed by atoms with van der Waals surface area (Å²) < 4.78 is 21.7. The largest absolute Gasteiger partial charge is 0.374 e. The highest BCUT2D eigenvalue weighted by Gasteiger charge is 2.41. The van der Waals surface area contributed by atoms with Gasteiger partial charge < -0.3 is 9.64 Å². The van der Waals surface area contributed by atoms with Gasteiger partial charge in [0.1, 0.15) is 5.82 Å². The van der Waals surface area contributed by atoms with Crippen molar-refractivity contribution in [3.63, 3.8) is 0 Å². The molecule has 2 aromatic carbocycles. The lowest BCUT2D eigenvalue weighted by molar-refractivity contribution is 0.0259. The van der Waals surface area contributed by atoms with Crippen molar-refractivity contribution in [3.8, 4) is 17.1 Å². The SMILES string of the molecule is CSc1cn(-c2ncc(-c3ccccc3F)cn2)c2cc(C(=O)N3CC4CC3CO4)ccc12. The van der Waals surface area contributed by atoms with E-state index in [2.05, 4.69) is 9.97 Å². The molecule has 0 aliphatic carbocycles. The van der Waals surface area contributed by atoms with Gasteiger partial charge in [-0.25, -0.2) is 14.4 Å². The number of rotatable bonds is 4. The molecule has 6 nitrogen and oxygen atoms in total. The van der Waals surface area contributed by atoms with Crippen LogP contribution >= 0.6 is 11.8 Å². The van der Waals surface area contributed by atoms with Crippen molar-refractivity contribution < 1.29 is 13.9 Å². The second-order valence-corrected chi connectivity index (χ2v) is 9.20. The fourth-order valence-electron chi connectivity index (χ4n) is 4.75. The van der Waals surface area contributed by atoms with Gasteiger partial charge in [-0.15, -0.1) is 11.8 Å². The lowest BCUT2D eigenvalue weighted by atomic mass is 10.1. The van der Waals surface area contributed by atoms with Crippen LogP contribution < -0.4 is 0 Å². The monoisotopic (exact) mass is 460 g/mol. The Labute approximate surface area is 194 Å². The van der Waals surface area contributed by atoms with Crippen molar-refractivity contribution >= 4 is 28.6 Å². The predicted octanol–water partition coefficient (Wildman–Crippen LogP) is 4.56. The molecule has 0 radical (unpaired) electrons. The lowest BCUT2D eigenvalue weighted by Gasteiger charge is -2.27. The molecule has 2 aliphatic rings. The number of thioether (sulfide) groups is 1. The number of hydrogen-bond acceptors (Lipinski definition) is 5. The molecule has 2 saturated heterocycles. The third-order valence-electron chi connectivity index (χ3n) is 6.44. The molecule has 33 heavy (non-hydrogen) atoms. The number of hydrogen-bond donors (Lipinski definition) is 0. The summed E-state index contributed by atoms with van der Waals surface area (Å²) in [6.07, 6.45) is 8.33. The standard InChI is InChI=1S/C25H21FN4O2S/c1-33-23-13-30(25-27-10-16(11-28-25)19-4-2-3-5-21(19)26)22-8-15(6-7-20(22)23)24(31)29-12-18-9-17(29)14-32-18/h2-8,10-11,13,17-18H,9,12,14H2,1H3. The fraction of sp³-hybridized carbons (Fsp3) is 0.240. The number of amides is 1. The van der Waals surface area contributed by atoms with Crippen LogP contribution in [0.3, 0.4) is 0 Å². The molecular weight excluding hydrogens is 439 g/mol. The topological polar surface area (TPSA) is 60.2 Å². The number of fused-ring (bicyclic) bond motifs is 3. The molecule has 4 heterocycles. The third-order valence-corrected chi connectivity index (χ3v) is 7.20. The van der Waals surface area contributed by atoms with Gasteiger partial charge in [-0.2, -0.15) is 0 Å². The van der Waals surface area contributed by atoms with Crippen LogP contribution in [0.15, 0.2) is 66.0 Å². The first-order chi connectivity index (χ1) is 16.1. The first-order valence-electron chi connectivity index (χ1n) is 10.8. The van der Waals surface area contributed by atoms with E-state index >= 15 is 0 Å². The molecule has 2 aromatic heterocycles. The maximum absolute atomic E-state index is 14.2. The normalized spacial score (nSPS) is 19.5. The predicted molar refractivity (Wildman–Crippen MR) is 125 cm³/mol. The first kappa shape index (κ1) is 20.4. The van der Waals surface area contributed by atoms with Crippen LogP contribution in [-0.4, -0.2) is 56.9 Å². The maximum atomic E-state index is 14.2. The highest BCUT2D eigenvalue weighted by molar-refractivity contribution is 7.98. The molecule has 2 unspecified atom stereocenters. The highest BCUT2D eigenvalue weighted by atomic mass is 32.2. The van der Waals surface area contributed by atoms with Crippen molar-refractivity contribution in [3.05, 3.63) is 72.4 Å². The number of carbonyl (C=O) groups is 1. The van der Waals surface area contributed by atoms with Gasteiger partial charge in [0, 0.05) is 52.1 Å². The number of carbonyl (C=O) groups excluding carboxylic acids is 1. The van der Waals surface area contributed by atoms with Gasteiger partial charge >= 0.3 is 0 Å². The van der Waals surface area contributed by atoms with Gasteiger partial charge in [0.15, 0.2) is 0 Å². The average Bonchev–Trinajstić information content (AvgIpc) is 3.58. The minimum absolute atomic E-state index is 0.0296. The second kappa shape index (κ2) is 7.97. The smallest absolute Gasteiger partial charge is 0.254 e. The number of nitrogens with zero attached hydrogens (tertiary/aromatic N) is 4. The molecule has 1 amide bonds. The minimum Gasteiger partial charge on any atom is -0.374 e. The summed E-state index contributed by atoms with van der Waals surface area (Å²) in [6.45, 7) is 1.27. The molecule has 166 valence electrons. The highest BCUT2D eigenvalue weighted by Crippen LogP contribution is 2.33. The van der Waals surface area contributed by atoms with Gasteiger partial charge in [-0.1, -0.05) is 24.3 Å². The molecule has 6 rings (SSSR count). The second-order valence-electron chi connectivity index (χ2n) is 8.35. The summed E-state index contributed by atoms with van der Waals surface area (Å²) in [5.41, 5.74) is 2.58. The van der Waals surface area contributed by atoms with E-state index in [1.54, 1.807) is 42.4 Å². The molecule has 0 N–H and O–H groups in total. The Balaban J connectivity index is 1.39. The molecule has 0 saturated carbocycles. The van der Waals surface area contributed by atoms with E-state index in [1.807, 2.05) is 40.1 Å². The zero-order valence-corrected chi connectivity index (χ0v) is 18.8. The van der Waals surface area contributed by atoms with Crippen LogP contribution in [0.1, 0.15) is 16.8 Å². The van der Waals surface area contributed by atoms with Crippen LogP contribution in [0, 0.1) is 5.82 Å². The molecule has 2 bridgehead atoms. The zero-order chi connectivity index (χ0) is 22.5. The zero-order valence-electron chi connectivity index (χ0n) is 17.9. The van der Waals surface area contributed by atoms with Crippen molar-refractivity contribution in [2.75, 3.05) is 19.4 Å². The Morgan fingerprint density at radius 3 is 2.70 bits per heavy atom.